The Labute approximate surface area is 125 Å². The van der Waals surface area contributed by atoms with E-state index in [1.165, 1.54) is 12.8 Å². The van der Waals surface area contributed by atoms with Crippen molar-refractivity contribution in [3.63, 3.8) is 0 Å². The van der Waals surface area contributed by atoms with E-state index in [1.54, 1.807) is 13.2 Å². The normalized spacial score (nSPS) is 17.9. The van der Waals surface area contributed by atoms with Gasteiger partial charge >= 0.3 is 0 Å². The third-order valence-corrected chi connectivity index (χ3v) is 3.82. The first kappa shape index (κ1) is 15.1. The molecule has 0 radical (unpaired) electrons. The Morgan fingerprint density at radius 3 is 3.05 bits per heavy atom. The van der Waals surface area contributed by atoms with Gasteiger partial charge in [0.15, 0.2) is 0 Å². The van der Waals surface area contributed by atoms with Crippen molar-refractivity contribution in [1.29, 1.82) is 5.26 Å². The van der Waals surface area contributed by atoms with E-state index in [4.69, 9.17) is 16.3 Å². The van der Waals surface area contributed by atoms with E-state index in [0.29, 0.717) is 23.2 Å². The third kappa shape index (κ3) is 3.86. The van der Waals surface area contributed by atoms with Crippen molar-refractivity contribution < 1.29 is 4.74 Å². The largest absolute Gasteiger partial charge is 0.383 e. The Bertz CT molecular complexity index is 480. The van der Waals surface area contributed by atoms with Crippen molar-refractivity contribution in [2.75, 3.05) is 38.3 Å². The maximum Gasteiger partial charge on any atom is 0.101 e. The molecule has 0 aromatic heterocycles. The van der Waals surface area contributed by atoms with Crippen molar-refractivity contribution in [3.05, 3.63) is 28.8 Å². The highest BCUT2D eigenvalue weighted by atomic mass is 35.5. The summed E-state index contributed by atoms with van der Waals surface area (Å²) < 4.78 is 5.18. The smallest absolute Gasteiger partial charge is 0.101 e. The number of halogens is 1. The summed E-state index contributed by atoms with van der Waals surface area (Å²) in [6.07, 6.45) is 2.40. The number of ether oxygens (including phenoxy) is 1. The van der Waals surface area contributed by atoms with Crippen LogP contribution in [0.3, 0.4) is 0 Å². The van der Waals surface area contributed by atoms with E-state index in [0.717, 1.165) is 25.3 Å². The topological polar surface area (TPSA) is 48.3 Å². The second-order valence-corrected chi connectivity index (χ2v) is 5.44. The predicted molar refractivity (Wildman–Crippen MR) is 81.3 cm³/mol. The van der Waals surface area contributed by atoms with Crippen LogP contribution in [0.1, 0.15) is 18.4 Å². The summed E-state index contributed by atoms with van der Waals surface area (Å²) in [6, 6.07) is 8.19. The molecule has 1 unspecified atom stereocenters. The molecule has 0 saturated carbocycles. The minimum atomic E-state index is 0.481. The Morgan fingerprint density at radius 1 is 1.55 bits per heavy atom. The quantitative estimate of drug-likeness (QED) is 0.875. The van der Waals surface area contributed by atoms with Crippen LogP contribution in [0.25, 0.3) is 0 Å². The van der Waals surface area contributed by atoms with E-state index < -0.39 is 0 Å². The van der Waals surface area contributed by atoms with Gasteiger partial charge in [0, 0.05) is 31.3 Å². The number of anilines is 1. The van der Waals surface area contributed by atoms with E-state index >= 15 is 0 Å². The highest BCUT2D eigenvalue weighted by Crippen LogP contribution is 2.24. The second-order valence-electron chi connectivity index (χ2n) is 5.01. The van der Waals surface area contributed by atoms with E-state index in [-0.39, 0.29) is 0 Å². The third-order valence-electron chi connectivity index (χ3n) is 3.59. The van der Waals surface area contributed by atoms with Crippen molar-refractivity contribution in [2.45, 2.75) is 18.9 Å². The van der Waals surface area contributed by atoms with Crippen LogP contribution in [0.15, 0.2) is 18.2 Å². The molecule has 1 aliphatic rings. The van der Waals surface area contributed by atoms with Gasteiger partial charge < -0.3 is 15.0 Å². The molecule has 1 atom stereocenters. The minimum Gasteiger partial charge on any atom is -0.383 e. The van der Waals surface area contributed by atoms with Crippen LogP contribution in [0.2, 0.25) is 5.02 Å². The first-order valence-corrected chi connectivity index (χ1v) is 7.29. The number of nitriles is 1. The predicted octanol–water partition coefficient (Wildman–Crippen LogP) is 2.42. The lowest BCUT2D eigenvalue weighted by atomic mass is 10.1. The van der Waals surface area contributed by atoms with Gasteiger partial charge in [-0.25, -0.2) is 0 Å². The van der Waals surface area contributed by atoms with Gasteiger partial charge in [-0.2, -0.15) is 5.26 Å². The molecule has 2 rings (SSSR count). The van der Waals surface area contributed by atoms with Crippen LogP contribution in [0.5, 0.6) is 0 Å². The maximum atomic E-state index is 9.30. The molecule has 0 aliphatic carbocycles. The number of hydrogen-bond acceptors (Lipinski definition) is 4. The lowest BCUT2D eigenvalue weighted by Crippen LogP contribution is -2.39. The molecule has 0 amide bonds. The molecule has 5 heteroatoms. The molecule has 1 heterocycles. The number of benzene rings is 1. The van der Waals surface area contributed by atoms with Gasteiger partial charge in [-0.1, -0.05) is 11.6 Å². The average molecular weight is 294 g/mol. The number of hydrogen-bond donors (Lipinski definition) is 1. The Balaban J connectivity index is 2.18. The number of nitrogens with zero attached hydrogens (tertiary/aromatic N) is 2. The Morgan fingerprint density at radius 2 is 2.40 bits per heavy atom. The lowest BCUT2D eigenvalue weighted by molar-refractivity contribution is 0.204. The summed E-state index contributed by atoms with van der Waals surface area (Å²) in [4.78, 5) is 2.21. The molecule has 0 spiro atoms. The zero-order chi connectivity index (χ0) is 14.4. The van der Waals surface area contributed by atoms with Crippen LogP contribution in [-0.2, 0) is 4.74 Å². The number of nitrogens with one attached hydrogen (secondary N) is 1. The number of rotatable bonds is 6. The maximum absolute atomic E-state index is 9.30. The van der Waals surface area contributed by atoms with E-state index in [2.05, 4.69) is 16.3 Å². The highest BCUT2D eigenvalue weighted by Gasteiger charge is 2.20. The van der Waals surface area contributed by atoms with Gasteiger partial charge in [0.25, 0.3) is 0 Å². The van der Waals surface area contributed by atoms with Crippen molar-refractivity contribution in [3.8, 4) is 6.07 Å². The summed E-state index contributed by atoms with van der Waals surface area (Å²) >= 11 is 5.97. The summed E-state index contributed by atoms with van der Waals surface area (Å²) in [5, 5.41) is 13.4. The molecular weight excluding hydrogens is 274 g/mol. The molecule has 0 bridgehead atoms. The molecular formula is C15H20ClN3O. The molecule has 108 valence electrons. The zero-order valence-electron chi connectivity index (χ0n) is 11.7. The summed E-state index contributed by atoms with van der Waals surface area (Å²) in [5.74, 6) is 0. The minimum absolute atomic E-state index is 0.481. The van der Waals surface area contributed by atoms with Gasteiger partial charge in [0.1, 0.15) is 6.07 Å². The monoisotopic (exact) mass is 293 g/mol. The summed E-state index contributed by atoms with van der Waals surface area (Å²) in [5.41, 5.74) is 1.55. The summed E-state index contributed by atoms with van der Waals surface area (Å²) in [6.45, 7) is 3.37. The van der Waals surface area contributed by atoms with Gasteiger partial charge in [-0.3, -0.25) is 0 Å². The van der Waals surface area contributed by atoms with Crippen molar-refractivity contribution in [1.82, 2.24) is 5.32 Å². The molecule has 1 N–H and O–H groups in total. The average Bonchev–Trinajstić information content (AvgIpc) is 2.96. The first-order chi connectivity index (χ1) is 9.74. The van der Waals surface area contributed by atoms with E-state index in [1.807, 2.05) is 12.1 Å². The van der Waals surface area contributed by atoms with Crippen LogP contribution in [0.4, 0.5) is 5.69 Å². The molecule has 1 aliphatic heterocycles. The fourth-order valence-corrected chi connectivity index (χ4v) is 2.74. The Hall–Kier alpha value is -1.28. The fourth-order valence-electron chi connectivity index (χ4n) is 2.56. The van der Waals surface area contributed by atoms with Crippen molar-refractivity contribution in [2.24, 2.45) is 0 Å². The zero-order valence-corrected chi connectivity index (χ0v) is 12.5. The highest BCUT2D eigenvalue weighted by molar-refractivity contribution is 6.30. The summed E-state index contributed by atoms with van der Waals surface area (Å²) in [7, 11) is 1.69. The van der Waals surface area contributed by atoms with Crippen molar-refractivity contribution >= 4 is 17.3 Å². The van der Waals surface area contributed by atoms with E-state index in [9.17, 15) is 5.26 Å². The van der Waals surface area contributed by atoms with Crippen LogP contribution in [-0.4, -0.2) is 39.4 Å². The molecule has 1 aromatic carbocycles. The SMILES string of the molecule is COCCN(CC1CCCN1)c1ccc(Cl)cc1C#N. The molecule has 20 heavy (non-hydrogen) atoms. The standard InChI is InChI=1S/C15H20ClN3O/c1-20-8-7-19(11-14-3-2-6-18-14)15-5-4-13(16)9-12(15)10-17/h4-5,9,14,18H,2-3,6-8,11H2,1H3. The van der Waals surface area contributed by atoms with Crippen LogP contribution < -0.4 is 10.2 Å². The molecule has 1 saturated heterocycles. The van der Waals surface area contributed by atoms with Gasteiger partial charge in [0.2, 0.25) is 0 Å². The first-order valence-electron chi connectivity index (χ1n) is 6.91. The van der Waals surface area contributed by atoms with Gasteiger partial charge in [0.05, 0.1) is 17.9 Å². The van der Waals surface area contributed by atoms with Gasteiger partial charge in [-0.15, -0.1) is 0 Å². The molecule has 1 aromatic rings. The van der Waals surface area contributed by atoms with Gasteiger partial charge in [-0.05, 0) is 37.6 Å². The lowest BCUT2D eigenvalue weighted by Gasteiger charge is -2.28. The van der Waals surface area contributed by atoms with Crippen LogP contribution in [0, 0.1) is 11.3 Å². The molecule has 4 nitrogen and oxygen atoms in total. The second kappa shape index (κ2) is 7.49. The number of methoxy groups -OCH3 is 1. The van der Waals surface area contributed by atoms with Crippen LogP contribution >= 0.6 is 11.6 Å². The molecule has 1 fully saturated rings. The Kier molecular flexibility index (Phi) is 5.66. The fraction of sp³-hybridized carbons (Fsp3) is 0.533.